The summed E-state index contributed by atoms with van der Waals surface area (Å²) in [6.07, 6.45) is 5.45. The van der Waals surface area contributed by atoms with Crippen molar-refractivity contribution in [2.45, 2.75) is 44.6 Å². The third kappa shape index (κ3) is 5.46. The zero-order chi connectivity index (χ0) is 22.3. The molecule has 7 nitrogen and oxygen atoms in total. The van der Waals surface area contributed by atoms with Crippen LogP contribution in [0.5, 0.6) is 0 Å². The molecule has 4 rings (SSSR count). The molecule has 1 saturated heterocycles. The van der Waals surface area contributed by atoms with E-state index in [1.165, 1.54) is 5.56 Å². The number of rotatable bonds is 8. The molecule has 0 aliphatic carbocycles. The molecule has 0 spiro atoms. The molecule has 1 atom stereocenters. The Hall–Kier alpha value is -2.93. The normalized spacial score (nSPS) is 17.3. The number of carboxylic acids is 1. The summed E-state index contributed by atoms with van der Waals surface area (Å²) in [5, 5.41) is 13.1. The Morgan fingerprint density at radius 3 is 2.56 bits per heavy atom. The van der Waals surface area contributed by atoms with Crippen LogP contribution in [-0.2, 0) is 22.4 Å². The third-order valence-electron chi connectivity index (χ3n) is 6.41. The molecule has 2 aromatic rings. The zero-order valence-corrected chi connectivity index (χ0v) is 18.5. The fourth-order valence-corrected chi connectivity index (χ4v) is 4.62. The van der Waals surface area contributed by atoms with Crippen molar-refractivity contribution >= 4 is 17.7 Å². The monoisotopic (exact) mass is 436 g/mol. The molecule has 1 aromatic heterocycles. The maximum atomic E-state index is 12.6. The largest absolute Gasteiger partial charge is 0.480 e. The first-order valence-corrected chi connectivity index (χ1v) is 11.6. The van der Waals surface area contributed by atoms with Crippen molar-refractivity contribution in [3.63, 3.8) is 0 Å². The van der Waals surface area contributed by atoms with Crippen LogP contribution < -0.4 is 5.32 Å². The molecular weight excluding hydrogens is 404 g/mol. The number of hydrogen-bond acceptors (Lipinski definition) is 5. The van der Waals surface area contributed by atoms with Crippen LogP contribution in [0.15, 0.2) is 42.5 Å². The van der Waals surface area contributed by atoms with E-state index in [1.807, 2.05) is 40.1 Å². The second-order valence-corrected chi connectivity index (χ2v) is 8.62. The van der Waals surface area contributed by atoms with Crippen LogP contribution in [0.4, 0.5) is 5.82 Å². The van der Waals surface area contributed by atoms with Crippen LogP contribution in [-0.4, -0.2) is 64.5 Å². The fourth-order valence-electron chi connectivity index (χ4n) is 4.62. The van der Waals surface area contributed by atoms with Gasteiger partial charge in [-0.1, -0.05) is 36.4 Å². The number of aryl methyl sites for hydroxylation is 2. The second kappa shape index (κ2) is 10.6. The Morgan fingerprint density at radius 2 is 1.81 bits per heavy atom. The molecular formula is C25H32N4O3. The van der Waals surface area contributed by atoms with Gasteiger partial charge in [0, 0.05) is 44.8 Å². The number of carbonyl (C=O) groups excluding carboxylic acids is 1. The molecule has 1 amide bonds. The van der Waals surface area contributed by atoms with Crippen molar-refractivity contribution in [3.05, 3.63) is 59.3 Å². The van der Waals surface area contributed by atoms with Crippen molar-refractivity contribution < 1.29 is 14.7 Å². The summed E-state index contributed by atoms with van der Waals surface area (Å²) in [5.41, 5.74) is 3.16. The molecule has 2 aliphatic rings. The molecule has 1 fully saturated rings. The number of aliphatic carboxylic acids is 1. The maximum Gasteiger partial charge on any atom is 0.325 e. The number of benzene rings is 1. The minimum Gasteiger partial charge on any atom is -0.480 e. The quantitative estimate of drug-likeness (QED) is 0.619. The highest BCUT2D eigenvalue weighted by molar-refractivity contribution is 5.77. The number of piperazine rings is 1. The van der Waals surface area contributed by atoms with E-state index in [0.29, 0.717) is 32.6 Å². The van der Waals surface area contributed by atoms with Gasteiger partial charge in [0.1, 0.15) is 11.9 Å². The van der Waals surface area contributed by atoms with Crippen molar-refractivity contribution in [2.75, 3.05) is 38.0 Å². The van der Waals surface area contributed by atoms with Gasteiger partial charge in [0.25, 0.3) is 0 Å². The van der Waals surface area contributed by atoms with Gasteiger partial charge in [0.2, 0.25) is 5.91 Å². The number of amides is 1. The number of hydrogen-bond donors (Lipinski definition) is 2. The molecule has 0 bridgehead atoms. The fraction of sp³-hybridized carbons (Fsp3) is 0.480. The molecule has 1 unspecified atom stereocenters. The van der Waals surface area contributed by atoms with Gasteiger partial charge in [0.15, 0.2) is 0 Å². The van der Waals surface area contributed by atoms with E-state index in [1.54, 1.807) is 0 Å². The molecule has 7 heteroatoms. The highest BCUT2D eigenvalue weighted by atomic mass is 16.4. The second-order valence-electron chi connectivity index (χ2n) is 8.62. The Kier molecular flexibility index (Phi) is 7.37. The average Bonchev–Trinajstić information content (AvgIpc) is 2.82. The van der Waals surface area contributed by atoms with Gasteiger partial charge in [-0.15, -0.1) is 0 Å². The number of nitrogens with zero attached hydrogens (tertiary/aromatic N) is 3. The molecule has 170 valence electrons. The van der Waals surface area contributed by atoms with Gasteiger partial charge >= 0.3 is 5.97 Å². The molecule has 2 aliphatic heterocycles. The van der Waals surface area contributed by atoms with Crippen molar-refractivity contribution in [3.8, 4) is 0 Å². The van der Waals surface area contributed by atoms with Gasteiger partial charge < -0.3 is 15.3 Å². The minimum atomic E-state index is -0.845. The van der Waals surface area contributed by atoms with E-state index in [-0.39, 0.29) is 5.91 Å². The van der Waals surface area contributed by atoms with Crippen LogP contribution in [0.3, 0.4) is 0 Å². The summed E-state index contributed by atoms with van der Waals surface area (Å²) in [7, 11) is 0. The van der Waals surface area contributed by atoms with E-state index in [2.05, 4.69) is 17.4 Å². The maximum absolute atomic E-state index is 12.6. The zero-order valence-electron chi connectivity index (χ0n) is 18.5. The van der Waals surface area contributed by atoms with E-state index in [0.717, 1.165) is 55.7 Å². The molecule has 32 heavy (non-hydrogen) atoms. The minimum absolute atomic E-state index is 0.163. The van der Waals surface area contributed by atoms with Crippen LogP contribution in [0, 0.1) is 0 Å². The van der Waals surface area contributed by atoms with E-state index in [9.17, 15) is 14.7 Å². The first-order valence-electron chi connectivity index (χ1n) is 11.6. The molecule has 2 N–H and O–H groups in total. The molecule has 0 radical (unpaired) electrons. The summed E-state index contributed by atoms with van der Waals surface area (Å²) in [6.45, 7) is 3.29. The summed E-state index contributed by atoms with van der Waals surface area (Å²) in [6, 6.07) is 12.9. The number of unbranched alkanes of at least 4 members (excludes halogenated alkanes) is 1. The van der Waals surface area contributed by atoms with E-state index in [4.69, 9.17) is 4.98 Å². The number of aromatic nitrogens is 1. The lowest BCUT2D eigenvalue weighted by atomic mass is 10.0. The van der Waals surface area contributed by atoms with E-state index < -0.39 is 12.0 Å². The topological polar surface area (TPSA) is 85.8 Å². The van der Waals surface area contributed by atoms with Crippen LogP contribution in [0.25, 0.3) is 0 Å². The smallest absolute Gasteiger partial charge is 0.325 e. The number of anilines is 1. The Morgan fingerprint density at radius 1 is 1.03 bits per heavy atom. The summed E-state index contributed by atoms with van der Waals surface area (Å²) >= 11 is 0. The number of carbonyl (C=O) groups is 2. The summed E-state index contributed by atoms with van der Waals surface area (Å²) < 4.78 is 0. The van der Waals surface area contributed by atoms with Gasteiger partial charge in [-0.05, 0) is 49.3 Å². The predicted octanol–water partition coefficient (Wildman–Crippen LogP) is 3.12. The van der Waals surface area contributed by atoms with Crippen molar-refractivity contribution in [1.29, 1.82) is 0 Å². The first kappa shape index (κ1) is 22.3. The Labute approximate surface area is 189 Å². The number of carboxylic acid groups (broad SMARTS) is 1. The van der Waals surface area contributed by atoms with Crippen molar-refractivity contribution in [1.82, 2.24) is 14.8 Å². The predicted molar refractivity (Wildman–Crippen MR) is 124 cm³/mol. The van der Waals surface area contributed by atoms with Crippen LogP contribution >= 0.6 is 0 Å². The lowest BCUT2D eigenvalue weighted by Crippen LogP contribution is -2.51. The lowest BCUT2D eigenvalue weighted by molar-refractivity contribution is -0.145. The average molecular weight is 437 g/mol. The van der Waals surface area contributed by atoms with Crippen LogP contribution in [0.1, 0.15) is 48.5 Å². The SMILES string of the molecule is O=C(O)C(c1ccccc1)N1CCN(C(=O)CCCCc2ccc3c(n2)NCCC3)CC1. The highest BCUT2D eigenvalue weighted by Gasteiger charge is 2.31. The van der Waals surface area contributed by atoms with Gasteiger partial charge in [0.05, 0.1) is 0 Å². The van der Waals surface area contributed by atoms with Gasteiger partial charge in [-0.3, -0.25) is 14.5 Å². The number of pyridine rings is 1. The van der Waals surface area contributed by atoms with Crippen LogP contribution in [0.2, 0.25) is 0 Å². The molecule has 0 saturated carbocycles. The molecule has 1 aromatic carbocycles. The standard InChI is InChI=1S/C25H32N4O3/c30-22(11-5-4-10-21-13-12-20-9-6-14-26-24(20)27-21)28-15-17-29(18-16-28)23(25(31)32)19-7-2-1-3-8-19/h1-3,7-8,12-13,23H,4-6,9-11,14-18H2,(H,26,27)(H,31,32). The van der Waals surface area contributed by atoms with Crippen molar-refractivity contribution in [2.24, 2.45) is 0 Å². The summed E-state index contributed by atoms with van der Waals surface area (Å²) in [5.74, 6) is 0.344. The number of nitrogens with one attached hydrogen (secondary N) is 1. The van der Waals surface area contributed by atoms with E-state index >= 15 is 0 Å². The molecule has 3 heterocycles. The summed E-state index contributed by atoms with van der Waals surface area (Å²) in [4.78, 5) is 33.1. The first-order chi connectivity index (χ1) is 15.6. The Balaban J connectivity index is 1.20. The lowest BCUT2D eigenvalue weighted by Gasteiger charge is -2.38. The Bertz CT molecular complexity index is 926. The van der Waals surface area contributed by atoms with Gasteiger partial charge in [-0.2, -0.15) is 0 Å². The van der Waals surface area contributed by atoms with Gasteiger partial charge in [-0.25, -0.2) is 4.98 Å². The third-order valence-corrected chi connectivity index (χ3v) is 6.41. The number of fused-ring (bicyclic) bond motifs is 1. The highest BCUT2D eigenvalue weighted by Crippen LogP contribution is 2.23.